The zero-order valence-electron chi connectivity index (χ0n) is 13.7. The summed E-state index contributed by atoms with van der Waals surface area (Å²) in [5.74, 6) is 0. The van der Waals surface area contributed by atoms with E-state index in [0.717, 1.165) is 5.56 Å². The SMILES string of the molecule is Cc1cccc(NC(=O)NC[C@H]2CN(c3cccc(Cl)c3)C(=O)O2)c1. The van der Waals surface area contributed by atoms with Gasteiger partial charge in [0, 0.05) is 16.4 Å². The number of hydrogen-bond acceptors (Lipinski definition) is 3. The minimum absolute atomic E-state index is 0.223. The first-order chi connectivity index (χ1) is 12.0. The maximum Gasteiger partial charge on any atom is 0.414 e. The number of cyclic esters (lactones) is 1. The van der Waals surface area contributed by atoms with Gasteiger partial charge in [0.1, 0.15) is 6.10 Å². The number of carbonyl (C=O) groups is 2. The molecule has 7 heteroatoms. The van der Waals surface area contributed by atoms with Crippen molar-refractivity contribution in [3.63, 3.8) is 0 Å². The number of nitrogens with one attached hydrogen (secondary N) is 2. The molecule has 25 heavy (non-hydrogen) atoms. The lowest BCUT2D eigenvalue weighted by Gasteiger charge is -2.13. The van der Waals surface area contributed by atoms with Gasteiger partial charge in [-0.25, -0.2) is 9.59 Å². The van der Waals surface area contributed by atoms with E-state index in [2.05, 4.69) is 10.6 Å². The highest BCUT2D eigenvalue weighted by Gasteiger charge is 2.32. The Morgan fingerprint density at radius 1 is 1.28 bits per heavy atom. The highest BCUT2D eigenvalue weighted by atomic mass is 35.5. The van der Waals surface area contributed by atoms with Crippen LogP contribution in [0.5, 0.6) is 0 Å². The van der Waals surface area contributed by atoms with Crippen molar-refractivity contribution in [2.24, 2.45) is 0 Å². The van der Waals surface area contributed by atoms with E-state index in [1.54, 1.807) is 24.3 Å². The Hall–Kier alpha value is -2.73. The number of hydrogen-bond donors (Lipinski definition) is 2. The highest BCUT2D eigenvalue weighted by molar-refractivity contribution is 6.30. The molecule has 2 aromatic rings. The van der Waals surface area contributed by atoms with Crippen LogP contribution in [0, 0.1) is 6.92 Å². The summed E-state index contributed by atoms with van der Waals surface area (Å²) < 4.78 is 5.29. The van der Waals surface area contributed by atoms with Crippen LogP contribution < -0.4 is 15.5 Å². The monoisotopic (exact) mass is 359 g/mol. The number of halogens is 1. The lowest BCUT2D eigenvalue weighted by Crippen LogP contribution is -2.37. The molecule has 2 N–H and O–H groups in total. The predicted molar refractivity (Wildman–Crippen MR) is 97.3 cm³/mol. The van der Waals surface area contributed by atoms with E-state index in [-0.39, 0.29) is 12.6 Å². The summed E-state index contributed by atoms with van der Waals surface area (Å²) in [6.07, 6.45) is -0.872. The van der Waals surface area contributed by atoms with Crippen molar-refractivity contribution in [1.29, 1.82) is 0 Å². The Morgan fingerprint density at radius 2 is 2.08 bits per heavy atom. The second-order valence-corrected chi connectivity index (χ2v) is 6.24. The fraction of sp³-hybridized carbons (Fsp3) is 0.222. The van der Waals surface area contributed by atoms with E-state index in [1.165, 1.54) is 4.90 Å². The zero-order chi connectivity index (χ0) is 17.8. The minimum Gasteiger partial charge on any atom is -0.442 e. The molecule has 0 aliphatic carbocycles. The van der Waals surface area contributed by atoms with Crippen molar-refractivity contribution in [2.45, 2.75) is 13.0 Å². The van der Waals surface area contributed by atoms with Gasteiger partial charge in [-0.15, -0.1) is 0 Å². The number of benzene rings is 2. The van der Waals surface area contributed by atoms with Crippen molar-refractivity contribution < 1.29 is 14.3 Å². The smallest absolute Gasteiger partial charge is 0.414 e. The van der Waals surface area contributed by atoms with E-state index in [4.69, 9.17) is 16.3 Å². The summed E-state index contributed by atoms with van der Waals surface area (Å²) in [5.41, 5.74) is 2.44. The first kappa shape index (κ1) is 17.1. The van der Waals surface area contributed by atoms with Crippen molar-refractivity contribution >= 4 is 35.1 Å². The number of aryl methyl sites for hydroxylation is 1. The van der Waals surface area contributed by atoms with Crippen LogP contribution in [-0.2, 0) is 4.74 Å². The van der Waals surface area contributed by atoms with Crippen LogP contribution in [0.4, 0.5) is 21.0 Å². The molecule has 6 nitrogen and oxygen atoms in total. The van der Waals surface area contributed by atoms with E-state index >= 15 is 0 Å². The molecule has 0 aromatic heterocycles. The van der Waals surface area contributed by atoms with Crippen molar-refractivity contribution in [3.8, 4) is 0 Å². The fourth-order valence-electron chi connectivity index (χ4n) is 2.59. The molecule has 0 radical (unpaired) electrons. The molecule has 1 fully saturated rings. The van der Waals surface area contributed by atoms with Gasteiger partial charge in [-0.2, -0.15) is 0 Å². The molecule has 0 bridgehead atoms. The number of anilines is 2. The van der Waals surface area contributed by atoms with Crippen LogP contribution in [0.3, 0.4) is 0 Å². The largest absolute Gasteiger partial charge is 0.442 e. The van der Waals surface area contributed by atoms with Gasteiger partial charge in [-0.05, 0) is 42.8 Å². The molecule has 3 rings (SSSR count). The third kappa shape index (κ3) is 4.42. The van der Waals surface area contributed by atoms with Gasteiger partial charge in [0.2, 0.25) is 0 Å². The molecule has 3 amide bonds. The average Bonchev–Trinajstić information content (AvgIpc) is 2.94. The van der Waals surface area contributed by atoms with Crippen molar-refractivity contribution in [1.82, 2.24) is 5.32 Å². The summed E-state index contributed by atoms with van der Waals surface area (Å²) in [4.78, 5) is 25.5. The molecule has 0 unspecified atom stereocenters. The predicted octanol–water partition coefficient (Wildman–Crippen LogP) is 3.80. The molecule has 1 saturated heterocycles. The molecule has 2 aromatic carbocycles. The van der Waals surface area contributed by atoms with Crippen molar-refractivity contribution in [3.05, 3.63) is 59.1 Å². The number of rotatable bonds is 4. The van der Waals surface area contributed by atoms with Gasteiger partial charge in [-0.3, -0.25) is 4.90 Å². The molecular weight excluding hydrogens is 342 g/mol. The summed E-state index contributed by atoms with van der Waals surface area (Å²) in [6.45, 7) is 2.52. The number of amides is 3. The summed E-state index contributed by atoms with van der Waals surface area (Å²) in [6, 6.07) is 14.1. The Labute approximate surface area is 150 Å². The van der Waals surface area contributed by atoms with Crippen LogP contribution in [0.25, 0.3) is 0 Å². The molecule has 1 aliphatic heterocycles. The van der Waals surface area contributed by atoms with Crippen LogP contribution >= 0.6 is 11.6 Å². The maximum atomic E-state index is 12.0. The van der Waals surface area contributed by atoms with Crippen LogP contribution in [0.2, 0.25) is 5.02 Å². The number of ether oxygens (including phenoxy) is 1. The molecule has 1 heterocycles. The second-order valence-electron chi connectivity index (χ2n) is 5.80. The number of carbonyl (C=O) groups excluding carboxylic acids is 2. The van der Waals surface area contributed by atoms with Gasteiger partial charge in [0.15, 0.2) is 0 Å². The van der Waals surface area contributed by atoms with Crippen molar-refractivity contribution in [2.75, 3.05) is 23.3 Å². The van der Waals surface area contributed by atoms with Gasteiger partial charge in [0.05, 0.1) is 13.1 Å². The number of nitrogens with zero attached hydrogens (tertiary/aromatic N) is 1. The van der Waals surface area contributed by atoms with E-state index in [9.17, 15) is 9.59 Å². The molecular formula is C18H18ClN3O3. The average molecular weight is 360 g/mol. The van der Waals surface area contributed by atoms with E-state index < -0.39 is 12.2 Å². The molecule has 0 spiro atoms. The lowest BCUT2D eigenvalue weighted by molar-refractivity contribution is 0.141. The molecule has 0 saturated carbocycles. The Morgan fingerprint density at radius 3 is 2.84 bits per heavy atom. The van der Waals surface area contributed by atoms with E-state index in [0.29, 0.717) is 22.9 Å². The van der Waals surface area contributed by atoms with Crippen LogP contribution in [0.15, 0.2) is 48.5 Å². The molecule has 130 valence electrons. The van der Waals surface area contributed by atoms with E-state index in [1.807, 2.05) is 31.2 Å². The third-order valence-electron chi connectivity index (χ3n) is 3.76. The third-order valence-corrected chi connectivity index (χ3v) is 4.00. The normalized spacial score (nSPS) is 16.5. The topological polar surface area (TPSA) is 70.7 Å². The van der Waals surface area contributed by atoms with Gasteiger partial charge < -0.3 is 15.4 Å². The molecule has 1 atom stereocenters. The zero-order valence-corrected chi connectivity index (χ0v) is 14.4. The van der Waals surface area contributed by atoms with Gasteiger partial charge in [0.25, 0.3) is 0 Å². The van der Waals surface area contributed by atoms with Gasteiger partial charge in [-0.1, -0.05) is 29.8 Å². The Balaban J connectivity index is 1.52. The number of urea groups is 1. The summed E-state index contributed by atoms with van der Waals surface area (Å²) in [7, 11) is 0. The second kappa shape index (κ2) is 7.44. The Bertz CT molecular complexity index is 797. The molecule has 1 aliphatic rings. The fourth-order valence-corrected chi connectivity index (χ4v) is 2.77. The van der Waals surface area contributed by atoms with Crippen LogP contribution in [0.1, 0.15) is 5.56 Å². The first-order valence-corrected chi connectivity index (χ1v) is 8.24. The standard InChI is InChI=1S/C18H18ClN3O3/c1-12-4-2-6-14(8-12)21-17(23)20-10-16-11-22(18(24)25-16)15-7-3-5-13(19)9-15/h2-9,16H,10-11H2,1H3,(H2,20,21,23)/t16-/m0/s1. The highest BCUT2D eigenvalue weighted by Crippen LogP contribution is 2.24. The quantitative estimate of drug-likeness (QED) is 0.872. The maximum absolute atomic E-state index is 12.0. The van der Waals surface area contributed by atoms with Gasteiger partial charge >= 0.3 is 12.1 Å². The minimum atomic E-state index is -0.451. The first-order valence-electron chi connectivity index (χ1n) is 7.86. The summed E-state index contributed by atoms with van der Waals surface area (Å²) >= 11 is 5.95. The summed E-state index contributed by atoms with van der Waals surface area (Å²) in [5, 5.41) is 6.01. The van der Waals surface area contributed by atoms with Crippen LogP contribution in [-0.4, -0.2) is 31.3 Å². The Kier molecular flexibility index (Phi) is 5.09. The lowest BCUT2D eigenvalue weighted by atomic mass is 10.2.